The minimum Gasteiger partial charge on any atom is -0.480 e. The number of sulfonamides is 1. The fourth-order valence-corrected chi connectivity index (χ4v) is 4.94. The number of carboxylic acid groups (broad SMARTS) is 1. The quantitative estimate of drug-likeness (QED) is 0.586. The van der Waals surface area contributed by atoms with Crippen molar-refractivity contribution in [2.75, 3.05) is 24.5 Å². The van der Waals surface area contributed by atoms with E-state index in [0.717, 1.165) is 8.78 Å². The molecular formula is C17H15BrN6O4S. The number of hydrogen-bond donors (Lipinski definition) is 1. The number of carbonyl (C=O) groups is 1. The molecule has 0 unspecified atom stereocenters. The Hall–Kier alpha value is -2.70. The average Bonchev–Trinajstić information content (AvgIpc) is 2.73. The number of hydrogen-bond acceptors (Lipinski definition) is 8. The highest BCUT2D eigenvalue weighted by Crippen LogP contribution is 2.25. The Balaban J connectivity index is 1.63. The first-order chi connectivity index (χ1) is 13.9. The summed E-state index contributed by atoms with van der Waals surface area (Å²) in [6.45, 7) is 0.208. The second kappa shape index (κ2) is 7.61. The van der Waals surface area contributed by atoms with Crippen LogP contribution >= 0.6 is 15.9 Å². The number of benzene rings is 1. The van der Waals surface area contributed by atoms with Gasteiger partial charge in [-0.15, -0.1) is 0 Å². The average molecular weight is 479 g/mol. The van der Waals surface area contributed by atoms with Crippen molar-refractivity contribution in [3.63, 3.8) is 0 Å². The van der Waals surface area contributed by atoms with E-state index in [2.05, 4.69) is 35.9 Å². The second-order valence-electron chi connectivity index (χ2n) is 6.33. The molecule has 1 saturated heterocycles. The minimum atomic E-state index is -3.96. The number of anilines is 1. The van der Waals surface area contributed by atoms with Crippen molar-refractivity contribution in [1.29, 1.82) is 0 Å². The number of fused-ring (bicyclic) bond motifs is 1. The van der Waals surface area contributed by atoms with E-state index in [9.17, 15) is 18.3 Å². The Morgan fingerprint density at radius 2 is 1.90 bits per heavy atom. The highest BCUT2D eigenvalue weighted by molar-refractivity contribution is 9.10. The van der Waals surface area contributed by atoms with E-state index in [-0.39, 0.29) is 24.5 Å². The lowest BCUT2D eigenvalue weighted by molar-refractivity contribution is -0.141. The minimum absolute atomic E-state index is 0.00114. The molecule has 12 heteroatoms. The van der Waals surface area contributed by atoms with Gasteiger partial charge in [0.25, 0.3) is 0 Å². The van der Waals surface area contributed by atoms with Crippen LogP contribution in [-0.2, 0) is 14.8 Å². The Kier molecular flexibility index (Phi) is 5.15. The SMILES string of the molecule is O=C(O)[C@H]1CN(c2cnc3cncnc3n2)CCN1S(=O)(=O)c1ccc(Br)cc1. The summed E-state index contributed by atoms with van der Waals surface area (Å²) >= 11 is 3.26. The molecule has 1 fully saturated rings. The van der Waals surface area contributed by atoms with Crippen LogP contribution in [0.2, 0.25) is 0 Å². The van der Waals surface area contributed by atoms with Crippen molar-refractivity contribution in [2.45, 2.75) is 10.9 Å². The molecule has 150 valence electrons. The highest BCUT2D eigenvalue weighted by Gasteiger charge is 2.40. The number of aliphatic carboxylic acids is 1. The van der Waals surface area contributed by atoms with Gasteiger partial charge in [-0.2, -0.15) is 4.31 Å². The van der Waals surface area contributed by atoms with Crippen molar-refractivity contribution >= 4 is 48.9 Å². The van der Waals surface area contributed by atoms with E-state index >= 15 is 0 Å². The molecule has 1 atom stereocenters. The normalized spacial score (nSPS) is 18.1. The van der Waals surface area contributed by atoms with E-state index in [1.54, 1.807) is 17.0 Å². The molecule has 0 saturated carbocycles. The standard InChI is InChI=1S/C17H15BrN6O4S/c18-11-1-3-12(4-2-11)29(27,28)24-6-5-23(9-14(24)17(25)26)15-8-20-13-7-19-10-21-16(13)22-15/h1-4,7-8,10,14H,5-6,9H2,(H,25,26)/t14-/m1/s1. The first-order valence-corrected chi connectivity index (χ1v) is 10.8. The van der Waals surface area contributed by atoms with Crippen molar-refractivity contribution < 1.29 is 18.3 Å². The van der Waals surface area contributed by atoms with E-state index < -0.39 is 22.0 Å². The Bertz CT molecular complexity index is 1170. The van der Waals surface area contributed by atoms with Crippen LogP contribution in [0.5, 0.6) is 0 Å². The lowest BCUT2D eigenvalue weighted by Gasteiger charge is -2.38. The molecule has 0 radical (unpaired) electrons. The summed E-state index contributed by atoms with van der Waals surface area (Å²) in [5, 5.41) is 9.70. The second-order valence-corrected chi connectivity index (χ2v) is 9.14. The first kappa shape index (κ1) is 19.6. The van der Waals surface area contributed by atoms with E-state index in [0.29, 0.717) is 17.0 Å². The molecule has 10 nitrogen and oxygen atoms in total. The van der Waals surface area contributed by atoms with Gasteiger partial charge in [0.05, 0.1) is 17.3 Å². The van der Waals surface area contributed by atoms with Crippen molar-refractivity contribution in [3.8, 4) is 0 Å². The molecule has 0 spiro atoms. The third-order valence-electron chi connectivity index (χ3n) is 4.57. The van der Waals surface area contributed by atoms with Crippen molar-refractivity contribution in [2.24, 2.45) is 0 Å². The molecule has 2 aromatic heterocycles. The molecule has 0 amide bonds. The zero-order valence-corrected chi connectivity index (χ0v) is 17.3. The summed E-state index contributed by atoms with van der Waals surface area (Å²) in [6, 6.07) is 4.83. The number of rotatable bonds is 4. The predicted octanol–water partition coefficient (Wildman–Crippen LogP) is 1.15. The van der Waals surface area contributed by atoms with E-state index in [1.807, 2.05) is 0 Å². The first-order valence-electron chi connectivity index (χ1n) is 8.54. The molecular weight excluding hydrogens is 464 g/mol. The fourth-order valence-electron chi connectivity index (χ4n) is 3.12. The van der Waals surface area contributed by atoms with Gasteiger partial charge >= 0.3 is 5.97 Å². The summed E-state index contributed by atoms with van der Waals surface area (Å²) < 4.78 is 27.8. The van der Waals surface area contributed by atoms with Crippen LogP contribution < -0.4 is 4.90 Å². The maximum atomic E-state index is 13.0. The molecule has 1 N–H and O–H groups in total. The molecule has 1 aliphatic heterocycles. The van der Waals surface area contributed by atoms with Crippen LogP contribution in [0.1, 0.15) is 0 Å². The zero-order chi connectivity index (χ0) is 20.6. The summed E-state index contributed by atoms with van der Waals surface area (Å²) in [6.07, 6.45) is 4.38. The lowest BCUT2D eigenvalue weighted by Crippen LogP contribution is -2.58. The maximum Gasteiger partial charge on any atom is 0.323 e. The van der Waals surface area contributed by atoms with Gasteiger partial charge in [-0.05, 0) is 24.3 Å². The fraction of sp³-hybridized carbons (Fsp3) is 0.235. The van der Waals surface area contributed by atoms with Gasteiger partial charge in [0, 0.05) is 24.1 Å². The third kappa shape index (κ3) is 3.78. The number of piperazine rings is 1. The zero-order valence-electron chi connectivity index (χ0n) is 14.9. The summed E-state index contributed by atoms with van der Waals surface area (Å²) in [5.41, 5.74) is 0.900. The van der Waals surface area contributed by atoms with Gasteiger partial charge in [-0.25, -0.2) is 28.4 Å². The molecule has 1 aliphatic rings. The van der Waals surface area contributed by atoms with E-state index in [4.69, 9.17) is 0 Å². The van der Waals surface area contributed by atoms with E-state index in [1.165, 1.54) is 30.9 Å². The molecule has 1 aromatic carbocycles. The molecule has 4 rings (SSSR count). The molecule has 3 heterocycles. The van der Waals surface area contributed by atoms with Gasteiger partial charge in [0.2, 0.25) is 10.0 Å². The monoisotopic (exact) mass is 478 g/mol. The van der Waals surface area contributed by atoms with Crippen LogP contribution in [0.4, 0.5) is 5.82 Å². The van der Waals surface area contributed by atoms with Crippen molar-refractivity contribution in [3.05, 3.63) is 47.5 Å². The van der Waals surface area contributed by atoms with Gasteiger partial charge in [-0.1, -0.05) is 15.9 Å². The smallest absolute Gasteiger partial charge is 0.323 e. The van der Waals surface area contributed by atoms with Gasteiger partial charge in [0.15, 0.2) is 5.65 Å². The Morgan fingerprint density at radius 1 is 1.14 bits per heavy atom. The van der Waals surface area contributed by atoms with Crippen LogP contribution in [0.15, 0.2) is 52.4 Å². The predicted molar refractivity (Wildman–Crippen MR) is 107 cm³/mol. The number of carboxylic acids is 1. The lowest BCUT2D eigenvalue weighted by atomic mass is 10.2. The third-order valence-corrected chi connectivity index (χ3v) is 7.02. The summed E-state index contributed by atoms with van der Waals surface area (Å²) in [7, 11) is -3.96. The van der Waals surface area contributed by atoms with Gasteiger partial charge < -0.3 is 10.0 Å². The maximum absolute atomic E-state index is 13.0. The summed E-state index contributed by atoms with van der Waals surface area (Å²) in [5.74, 6) is -0.797. The van der Waals surface area contributed by atoms with Gasteiger partial charge in [0.1, 0.15) is 23.7 Å². The van der Waals surface area contributed by atoms with Crippen LogP contribution in [0.25, 0.3) is 11.2 Å². The molecule has 29 heavy (non-hydrogen) atoms. The molecule has 3 aromatic rings. The van der Waals surface area contributed by atoms with Crippen LogP contribution in [0.3, 0.4) is 0 Å². The Labute approximate surface area is 174 Å². The Morgan fingerprint density at radius 3 is 2.62 bits per heavy atom. The largest absolute Gasteiger partial charge is 0.480 e. The number of halogens is 1. The summed E-state index contributed by atoms with van der Waals surface area (Å²) in [4.78, 5) is 30.2. The number of aromatic nitrogens is 4. The molecule has 0 aliphatic carbocycles. The highest BCUT2D eigenvalue weighted by atomic mass is 79.9. The van der Waals surface area contributed by atoms with Crippen LogP contribution in [-0.4, -0.2) is 69.4 Å². The van der Waals surface area contributed by atoms with Crippen molar-refractivity contribution in [1.82, 2.24) is 24.2 Å². The van der Waals surface area contributed by atoms with Gasteiger partial charge in [-0.3, -0.25) is 4.79 Å². The molecule has 0 bridgehead atoms. The topological polar surface area (TPSA) is 129 Å². The van der Waals surface area contributed by atoms with Crippen LogP contribution in [0, 0.1) is 0 Å². The number of nitrogens with zero attached hydrogens (tertiary/aromatic N) is 6.